The van der Waals surface area contributed by atoms with Crippen LogP contribution in [0.3, 0.4) is 0 Å². The first-order valence-electron chi connectivity index (χ1n) is 9.53. The topological polar surface area (TPSA) is 144 Å². The van der Waals surface area contributed by atoms with Crippen molar-refractivity contribution in [3.05, 3.63) is 70.0 Å². The number of anilines is 1. The minimum Gasteiger partial charge on any atom is -0.507 e. The second-order valence-corrected chi connectivity index (χ2v) is 8.75. The Balaban J connectivity index is 1.80. The van der Waals surface area contributed by atoms with Crippen LogP contribution in [0.5, 0.6) is 5.75 Å². The van der Waals surface area contributed by atoms with Crippen LogP contribution in [-0.2, 0) is 16.6 Å². The number of hydrogen-bond donors (Lipinski definition) is 2. The van der Waals surface area contributed by atoms with E-state index in [0.29, 0.717) is 30.1 Å². The summed E-state index contributed by atoms with van der Waals surface area (Å²) in [6.07, 6.45) is 3.91. The second kappa shape index (κ2) is 7.67. The van der Waals surface area contributed by atoms with Crippen LogP contribution in [0.25, 0.3) is 0 Å². The summed E-state index contributed by atoms with van der Waals surface area (Å²) in [5.41, 5.74) is 1.13. The molecule has 11 heteroatoms. The standard InChI is InChI=1S/C20H21N5O5S/c1-3-24-11-13(10-22-24)17-9-16(19-18(26)8-12(2)30-20(19)27)23-25(17)14-4-6-15(7-5-14)31(21,28)29/h4-8,10-11,17,26H,3,9H2,1-2H3,(H2,21,28,29). The van der Waals surface area contributed by atoms with Crippen LogP contribution in [0.4, 0.5) is 5.69 Å². The molecule has 1 unspecified atom stereocenters. The summed E-state index contributed by atoms with van der Waals surface area (Å²) in [7, 11) is -3.83. The van der Waals surface area contributed by atoms with Crippen molar-refractivity contribution in [3.8, 4) is 5.75 Å². The van der Waals surface area contributed by atoms with Gasteiger partial charge >= 0.3 is 5.63 Å². The largest absolute Gasteiger partial charge is 0.507 e. The number of aromatic nitrogens is 2. The zero-order chi connectivity index (χ0) is 22.3. The van der Waals surface area contributed by atoms with Gasteiger partial charge in [0.1, 0.15) is 17.1 Å². The zero-order valence-electron chi connectivity index (χ0n) is 16.9. The SMILES string of the molecule is CCn1cc(C2CC(c3c(O)cc(C)oc3=O)=NN2c2ccc(S(N)(=O)=O)cc2)cn1. The molecule has 31 heavy (non-hydrogen) atoms. The highest BCUT2D eigenvalue weighted by Crippen LogP contribution is 2.37. The van der Waals surface area contributed by atoms with E-state index in [1.165, 1.54) is 18.2 Å². The molecule has 0 bridgehead atoms. The molecule has 1 atom stereocenters. The monoisotopic (exact) mass is 443 g/mol. The van der Waals surface area contributed by atoms with Crippen LogP contribution < -0.4 is 15.8 Å². The molecule has 0 radical (unpaired) electrons. The van der Waals surface area contributed by atoms with Gasteiger partial charge in [-0.3, -0.25) is 9.69 Å². The summed E-state index contributed by atoms with van der Waals surface area (Å²) < 4.78 is 30.1. The smallest absolute Gasteiger partial charge is 0.348 e. The molecule has 162 valence electrons. The molecule has 1 aliphatic heterocycles. The van der Waals surface area contributed by atoms with Crippen LogP contribution in [0.1, 0.15) is 36.3 Å². The molecule has 10 nitrogen and oxygen atoms in total. The van der Waals surface area contributed by atoms with Crippen molar-refractivity contribution >= 4 is 21.4 Å². The Kier molecular flexibility index (Phi) is 5.15. The minimum absolute atomic E-state index is 0.00198. The van der Waals surface area contributed by atoms with Crippen LogP contribution in [0, 0.1) is 6.92 Å². The third-order valence-corrected chi connectivity index (χ3v) is 5.97. The van der Waals surface area contributed by atoms with Gasteiger partial charge in [-0.05, 0) is 38.1 Å². The van der Waals surface area contributed by atoms with Crippen molar-refractivity contribution in [3.63, 3.8) is 0 Å². The molecule has 0 spiro atoms. The average molecular weight is 443 g/mol. The van der Waals surface area contributed by atoms with E-state index in [0.717, 1.165) is 5.56 Å². The Morgan fingerprint density at radius 2 is 2.00 bits per heavy atom. The fourth-order valence-corrected chi connectivity index (χ4v) is 4.05. The molecule has 4 rings (SSSR count). The lowest BCUT2D eigenvalue weighted by Gasteiger charge is -2.22. The van der Waals surface area contributed by atoms with E-state index in [4.69, 9.17) is 9.56 Å². The van der Waals surface area contributed by atoms with Crippen molar-refractivity contribution in [1.82, 2.24) is 9.78 Å². The van der Waals surface area contributed by atoms with Crippen molar-refractivity contribution in [2.24, 2.45) is 10.2 Å². The van der Waals surface area contributed by atoms with Gasteiger partial charge in [-0.2, -0.15) is 10.2 Å². The van der Waals surface area contributed by atoms with Crippen molar-refractivity contribution in [2.75, 3.05) is 5.01 Å². The van der Waals surface area contributed by atoms with E-state index in [1.54, 1.807) is 34.9 Å². The molecular formula is C20H21N5O5S. The first-order chi connectivity index (χ1) is 14.7. The number of hydrazone groups is 1. The molecule has 1 aliphatic rings. The Morgan fingerprint density at radius 1 is 1.29 bits per heavy atom. The molecule has 3 N–H and O–H groups in total. The molecule has 1 aromatic carbocycles. The maximum absolute atomic E-state index is 12.4. The number of aryl methyl sites for hydroxylation is 2. The summed E-state index contributed by atoms with van der Waals surface area (Å²) in [5, 5.41) is 26.1. The number of nitrogens with two attached hydrogens (primary N) is 1. The van der Waals surface area contributed by atoms with Crippen LogP contribution in [0.2, 0.25) is 0 Å². The van der Waals surface area contributed by atoms with Crippen molar-refractivity contribution < 1.29 is 17.9 Å². The van der Waals surface area contributed by atoms with Gasteiger partial charge in [-0.15, -0.1) is 0 Å². The van der Waals surface area contributed by atoms with E-state index in [9.17, 15) is 18.3 Å². The molecule has 3 heterocycles. The zero-order valence-corrected chi connectivity index (χ0v) is 17.7. The Labute approximate surface area is 178 Å². The molecule has 2 aromatic heterocycles. The van der Waals surface area contributed by atoms with Crippen molar-refractivity contribution in [1.29, 1.82) is 0 Å². The van der Waals surface area contributed by atoms with Crippen LogP contribution in [-0.4, -0.2) is 29.0 Å². The normalized spacial score (nSPS) is 16.5. The number of sulfonamides is 1. The molecule has 0 aliphatic carbocycles. The van der Waals surface area contributed by atoms with Gasteiger partial charge in [-0.1, -0.05) is 0 Å². The van der Waals surface area contributed by atoms with Gasteiger partial charge in [0.05, 0.1) is 28.5 Å². The van der Waals surface area contributed by atoms with Gasteiger partial charge in [0.2, 0.25) is 10.0 Å². The second-order valence-electron chi connectivity index (χ2n) is 7.18. The summed E-state index contributed by atoms with van der Waals surface area (Å²) in [6.45, 7) is 4.22. The summed E-state index contributed by atoms with van der Waals surface area (Å²) in [6, 6.07) is 7.00. The highest BCUT2D eigenvalue weighted by Gasteiger charge is 2.33. The summed E-state index contributed by atoms with van der Waals surface area (Å²) in [5.74, 6) is 0.0861. The highest BCUT2D eigenvalue weighted by atomic mass is 32.2. The van der Waals surface area contributed by atoms with Crippen molar-refractivity contribution in [2.45, 2.75) is 37.8 Å². The maximum atomic E-state index is 12.4. The molecule has 3 aromatic rings. The van der Waals surface area contributed by atoms with Gasteiger partial charge in [0.25, 0.3) is 0 Å². The van der Waals surface area contributed by atoms with Gasteiger partial charge in [0, 0.05) is 30.8 Å². The summed E-state index contributed by atoms with van der Waals surface area (Å²) >= 11 is 0. The fourth-order valence-electron chi connectivity index (χ4n) is 3.53. The minimum atomic E-state index is -3.83. The number of benzene rings is 1. The van der Waals surface area contributed by atoms with E-state index in [-0.39, 0.29) is 22.3 Å². The number of primary sulfonamides is 1. The molecule has 0 fully saturated rings. The molecular weight excluding hydrogens is 422 g/mol. The van der Waals surface area contributed by atoms with Gasteiger partial charge < -0.3 is 9.52 Å². The fraction of sp³-hybridized carbons (Fsp3) is 0.250. The van der Waals surface area contributed by atoms with E-state index in [1.807, 2.05) is 13.1 Å². The third-order valence-electron chi connectivity index (χ3n) is 5.04. The van der Waals surface area contributed by atoms with Gasteiger partial charge in [-0.25, -0.2) is 18.4 Å². The highest BCUT2D eigenvalue weighted by molar-refractivity contribution is 7.89. The molecule has 0 amide bonds. The lowest BCUT2D eigenvalue weighted by atomic mass is 10.0. The Hall–Kier alpha value is -3.44. The van der Waals surface area contributed by atoms with Gasteiger partial charge in [0.15, 0.2) is 0 Å². The lowest BCUT2D eigenvalue weighted by molar-refractivity contribution is 0.432. The number of hydrogen-bond acceptors (Lipinski definition) is 8. The quantitative estimate of drug-likeness (QED) is 0.612. The van der Waals surface area contributed by atoms with E-state index in [2.05, 4.69) is 10.2 Å². The first kappa shape index (κ1) is 20.8. The van der Waals surface area contributed by atoms with E-state index >= 15 is 0 Å². The van der Waals surface area contributed by atoms with Crippen LogP contribution in [0.15, 0.2) is 61.9 Å². The average Bonchev–Trinajstić information content (AvgIpc) is 3.33. The Morgan fingerprint density at radius 3 is 2.58 bits per heavy atom. The Bertz CT molecular complexity index is 1320. The number of rotatable bonds is 5. The number of aromatic hydroxyl groups is 1. The predicted molar refractivity (Wildman–Crippen MR) is 113 cm³/mol. The van der Waals surface area contributed by atoms with Crippen LogP contribution >= 0.6 is 0 Å². The molecule has 0 saturated carbocycles. The predicted octanol–water partition coefficient (Wildman–Crippen LogP) is 1.87. The lowest BCUT2D eigenvalue weighted by Crippen LogP contribution is -2.19. The third kappa shape index (κ3) is 3.97. The maximum Gasteiger partial charge on any atom is 0.348 e. The van der Waals surface area contributed by atoms with E-state index < -0.39 is 15.6 Å². The summed E-state index contributed by atoms with van der Waals surface area (Å²) in [4.78, 5) is 12.4. The number of nitrogens with zero attached hydrogens (tertiary/aromatic N) is 4. The molecule has 0 saturated heterocycles. The first-order valence-corrected chi connectivity index (χ1v) is 11.1.